The van der Waals surface area contributed by atoms with Crippen molar-refractivity contribution >= 4 is 28.9 Å². The largest absolute Gasteiger partial charge is 0.489 e. The monoisotopic (exact) mass is 306 g/mol. The summed E-state index contributed by atoms with van der Waals surface area (Å²) in [5.41, 5.74) is 1.72. The van der Waals surface area contributed by atoms with Crippen LogP contribution in [0.4, 0.5) is 5.69 Å². The fourth-order valence-corrected chi connectivity index (χ4v) is 1.81. The van der Waals surface area contributed by atoms with Crippen LogP contribution in [0.3, 0.4) is 0 Å². The van der Waals surface area contributed by atoms with Crippen molar-refractivity contribution in [2.45, 2.75) is 27.2 Å². The number of nitrogens with one attached hydrogen (secondary N) is 2. The van der Waals surface area contributed by atoms with Gasteiger partial charge in [-0.2, -0.15) is 0 Å². The molecule has 1 rings (SSSR count). The third kappa shape index (κ3) is 7.46. The lowest BCUT2D eigenvalue weighted by Crippen LogP contribution is -2.34. The Kier molecular flexibility index (Phi) is 6.88. The molecule has 0 saturated heterocycles. The Morgan fingerprint density at radius 1 is 1.43 bits per heavy atom. The van der Waals surface area contributed by atoms with Gasteiger partial charge in [-0.1, -0.05) is 26.5 Å². The van der Waals surface area contributed by atoms with Gasteiger partial charge in [-0.05, 0) is 42.8 Å². The van der Waals surface area contributed by atoms with E-state index in [1.54, 1.807) is 0 Å². The fourth-order valence-electron chi connectivity index (χ4n) is 1.58. The molecular weight excluding hydrogens is 284 g/mol. The first-order valence-electron chi connectivity index (χ1n) is 6.85. The second-order valence-corrected chi connectivity index (χ2v) is 5.78. The molecule has 0 aliphatic carbocycles. The Balaban J connectivity index is 2.54. The molecule has 114 valence electrons. The van der Waals surface area contributed by atoms with Gasteiger partial charge in [0.2, 0.25) is 5.91 Å². The highest BCUT2D eigenvalue weighted by atomic mass is 32.1. The number of benzene rings is 1. The molecule has 0 saturated carbocycles. The minimum atomic E-state index is -0.0859. The predicted molar refractivity (Wildman–Crippen MR) is 90.6 cm³/mol. The molecule has 0 aliphatic heterocycles. The number of hydrogen-bond donors (Lipinski definition) is 2. The Morgan fingerprint density at radius 2 is 2.14 bits per heavy atom. The minimum absolute atomic E-state index is 0.0859. The standard InChI is InChI=1S/C16H22N2O2S/c1-11(2)8-15(19)18-16(21)17-13-6-5-7-14(9-13)20-10-12(3)4/h5-7,9,11H,3,8,10H2,1-2,4H3,(H2,17,18,19,21). The van der Waals surface area contributed by atoms with Crippen LogP contribution in [0.2, 0.25) is 0 Å². The van der Waals surface area contributed by atoms with Crippen LogP contribution in [-0.4, -0.2) is 17.6 Å². The van der Waals surface area contributed by atoms with Crippen molar-refractivity contribution in [1.82, 2.24) is 5.32 Å². The second kappa shape index (κ2) is 8.42. The van der Waals surface area contributed by atoms with Crippen molar-refractivity contribution < 1.29 is 9.53 Å². The van der Waals surface area contributed by atoms with E-state index in [2.05, 4.69) is 17.2 Å². The van der Waals surface area contributed by atoms with Crippen molar-refractivity contribution in [3.8, 4) is 5.75 Å². The van der Waals surface area contributed by atoms with Crippen molar-refractivity contribution in [2.24, 2.45) is 5.92 Å². The lowest BCUT2D eigenvalue weighted by Gasteiger charge is -2.12. The predicted octanol–water partition coefficient (Wildman–Crippen LogP) is 3.50. The van der Waals surface area contributed by atoms with E-state index in [1.165, 1.54) is 0 Å². The number of amides is 1. The quantitative estimate of drug-likeness (QED) is 0.624. The molecule has 4 nitrogen and oxygen atoms in total. The summed E-state index contributed by atoms with van der Waals surface area (Å²) < 4.78 is 5.55. The van der Waals surface area contributed by atoms with Crippen LogP contribution in [0.5, 0.6) is 5.75 Å². The summed E-state index contributed by atoms with van der Waals surface area (Å²) in [5, 5.41) is 5.92. The van der Waals surface area contributed by atoms with Crippen LogP contribution < -0.4 is 15.4 Å². The molecule has 2 N–H and O–H groups in total. The normalized spacial score (nSPS) is 10.1. The molecular formula is C16H22N2O2S. The zero-order valence-corrected chi connectivity index (χ0v) is 13.5. The summed E-state index contributed by atoms with van der Waals surface area (Å²) >= 11 is 5.12. The summed E-state index contributed by atoms with van der Waals surface area (Å²) in [4.78, 5) is 11.6. The zero-order chi connectivity index (χ0) is 15.8. The second-order valence-electron chi connectivity index (χ2n) is 5.37. The summed E-state index contributed by atoms with van der Waals surface area (Å²) in [6.45, 7) is 10.1. The fraction of sp³-hybridized carbons (Fsp3) is 0.375. The van der Waals surface area contributed by atoms with Gasteiger partial charge >= 0.3 is 0 Å². The third-order valence-electron chi connectivity index (χ3n) is 2.42. The number of carbonyl (C=O) groups is 1. The van der Waals surface area contributed by atoms with Crippen LogP contribution in [-0.2, 0) is 4.79 Å². The van der Waals surface area contributed by atoms with Gasteiger partial charge in [0.25, 0.3) is 0 Å². The van der Waals surface area contributed by atoms with Crippen molar-refractivity contribution in [1.29, 1.82) is 0 Å². The Bertz CT molecular complexity index is 527. The Labute approximate surface area is 131 Å². The van der Waals surface area contributed by atoms with Gasteiger partial charge < -0.3 is 15.4 Å². The van der Waals surface area contributed by atoms with Gasteiger partial charge in [0.15, 0.2) is 5.11 Å². The van der Waals surface area contributed by atoms with Gasteiger partial charge in [0.05, 0.1) is 0 Å². The number of anilines is 1. The van der Waals surface area contributed by atoms with Gasteiger partial charge in [-0.15, -0.1) is 0 Å². The molecule has 1 aromatic carbocycles. The molecule has 0 aliphatic rings. The average molecular weight is 306 g/mol. The van der Waals surface area contributed by atoms with E-state index in [-0.39, 0.29) is 11.0 Å². The van der Waals surface area contributed by atoms with Gasteiger partial charge in [0.1, 0.15) is 12.4 Å². The summed E-state index contributed by atoms with van der Waals surface area (Å²) in [5.74, 6) is 0.933. The number of ether oxygens (including phenoxy) is 1. The smallest absolute Gasteiger partial charge is 0.226 e. The van der Waals surface area contributed by atoms with Crippen LogP contribution in [0.25, 0.3) is 0 Å². The topological polar surface area (TPSA) is 50.4 Å². The van der Waals surface area contributed by atoms with E-state index in [9.17, 15) is 4.79 Å². The molecule has 0 unspecified atom stereocenters. The van der Waals surface area contributed by atoms with Crippen LogP contribution >= 0.6 is 12.2 Å². The molecule has 21 heavy (non-hydrogen) atoms. The Morgan fingerprint density at radius 3 is 2.76 bits per heavy atom. The summed E-state index contributed by atoms with van der Waals surface area (Å²) in [6, 6.07) is 7.39. The maximum Gasteiger partial charge on any atom is 0.226 e. The molecule has 5 heteroatoms. The van der Waals surface area contributed by atoms with E-state index >= 15 is 0 Å². The minimum Gasteiger partial charge on any atom is -0.489 e. The van der Waals surface area contributed by atoms with Gasteiger partial charge in [0, 0.05) is 18.2 Å². The molecule has 0 heterocycles. The van der Waals surface area contributed by atoms with E-state index in [0.717, 1.165) is 17.0 Å². The van der Waals surface area contributed by atoms with E-state index < -0.39 is 0 Å². The highest BCUT2D eigenvalue weighted by Crippen LogP contribution is 2.17. The highest BCUT2D eigenvalue weighted by molar-refractivity contribution is 7.80. The molecule has 0 radical (unpaired) electrons. The SMILES string of the molecule is C=C(C)COc1cccc(NC(=S)NC(=O)CC(C)C)c1. The summed E-state index contributed by atoms with van der Waals surface area (Å²) in [6.07, 6.45) is 0.448. The Hall–Kier alpha value is -1.88. The number of thiocarbonyl (C=S) groups is 1. The molecule has 0 fully saturated rings. The first-order chi connectivity index (χ1) is 9.86. The summed E-state index contributed by atoms with van der Waals surface area (Å²) in [7, 11) is 0. The van der Waals surface area contributed by atoms with Crippen LogP contribution in [0.1, 0.15) is 27.2 Å². The first-order valence-corrected chi connectivity index (χ1v) is 7.25. The van der Waals surface area contributed by atoms with Crippen molar-refractivity contribution in [3.63, 3.8) is 0 Å². The lowest BCUT2D eigenvalue weighted by atomic mass is 10.1. The van der Waals surface area contributed by atoms with Crippen molar-refractivity contribution in [3.05, 3.63) is 36.4 Å². The van der Waals surface area contributed by atoms with Gasteiger partial charge in [-0.3, -0.25) is 4.79 Å². The first kappa shape index (κ1) is 17.2. The zero-order valence-electron chi connectivity index (χ0n) is 12.7. The highest BCUT2D eigenvalue weighted by Gasteiger charge is 2.07. The van der Waals surface area contributed by atoms with E-state index in [1.807, 2.05) is 45.0 Å². The van der Waals surface area contributed by atoms with E-state index in [4.69, 9.17) is 17.0 Å². The molecule has 0 bridgehead atoms. The molecule has 0 atom stereocenters. The molecule has 1 aromatic rings. The number of rotatable bonds is 6. The van der Waals surface area contributed by atoms with Crippen molar-refractivity contribution in [2.75, 3.05) is 11.9 Å². The number of hydrogen-bond acceptors (Lipinski definition) is 3. The van der Waals surface area contributed by atoms with Crippen LogP contribution in [0, 0.1) is 5.92 Å². The molecule has 1 amide bonds. The maximum absolute atomic E-state index is 11.6. The van der Waals surface area contributed by atoms with Crippen LogP contribution in [0.15, 0.2) is 36.4 Å². The lowest BCUT2D eigenvalue weighted by molar-refractivity contribution is -0.120. The molecule has 0 spiro atoms. The number of carbonyl (C=O) groups excluding carboxylic acids is 1. The van der Waals surface area contributed by atoms with E-state index in [0.29, 0.717) is 18.9 Å². The maximum atomic E-state index is 11.6. The molecule has 0 aromatic heterocycles. The third-order valence-corrected chi connectivity index (χ3v) is 2.63. The average Bonchev–Trinajstić information content (AvgIpc) is 2.35. The van der Waals surface area contributed by atoms with Gasteiger partial charge in [-0.25, -0.2) is 0 Å².